The molecule has 2 heterocycles. The zero-order valence-electron chi connectivity index (χ0n) is 12.0. The largest absolute Gasteiger partial charge is 0.477 e. The smallest absolute Gasteiger partial charge is 0.232 e. The summed E-state index contributed by atoms with van der Waals surface area (Å²) in [6, 6.07) is 4.75. The number of hydrogen-bond acceptors (Lipinski definition) is 5. The van der Waals surface area contributed by atoms with Crippen LogP contribution in [0.15, 0.2) is 36.9 Å². The highest BCUT2D eigenvalue weighted by atomic mass is 16.5. The Morgan fingerprint density at radius 3 is 2.71 bits per heavy atom. The molecule has 5 heteroatoms. The summed E-state index contributed by atoms with van der Waals surface area (Å²) >= 11 is 0. The monoisotopic (exact) mass is 284 g/mol. The lowest BCUT2D eigenvalue weighted by Gasteiger charge is -2.06. The molecule has 2 aromatic rings. The van der Waals surface area contributed by atoms with Gasteiger partial charge in [0.25, 0.3) is 0 Å². The van der Waals surface area contributed by atoms with Crippen molar-refractivity contribution in [1.29, 1.82) is 0 Å². The Balaban J connectivity index is 1.36. The lowest BCUT2D eigenvalue weighted by Crippen LogP contribution is -2.16. The van der Waals surface area contributed by atoms with Gasteiger partial charge in [-0.3, -0.25) is 9.97 Å². The third-order valence-corrected chi connectivity index (χ3v) is 3.44. The fraction of sp³-hybridized carbons (Fsp3) is 0.438. The molecule has 0 atom stereocenters. The molecule has 1 aliphatic carbocycles. The van der Waals surface area contributed by atoms with Crippen molar-refractivity contribution < 1.29 is 4.74 Å². The number of ether oxygens (including phenoxy) is 1. The van der Waals surface area contributed by atoms with Crippen LogP contribution in [0.4, 0.5) is 0 Å². The quantitative estimate of drug-likeness (QED) is 0.753. The molecule has 0 amide bonds. The van der Waals surface area contributed by atoms with Gasteiger partial charge in [-0.25, -0.2) is 4.98 Å². The van der Waals surface area contributed by atoms with Crippen LogP contribution in [0.1, 0.15) is 30.5 Å². The average molecular weight is 284 g/mol. The summed E-state index contributed by atoms with van der Waals surface area (Å²) in [6.45, 7) is 1.44. The summed E-state index contributed by atoms with van der Waals surface area (Å²) in [5.74, 6) is 0.597. The number of aromatic nitrogens is 3. The zero-order chi connectivity index (χ0) is 14.3. The van der Waals surface area contributed by atoms with Crippen molar-refractivity contribution in [2.75, 3.05) is 6.61 Å². The van der Waals surface area contributed by atoms with E-state index in [1.54, 1.807) is 12.4 Å². The Morgan fingerprint density at radius 2 is 2.00 bits per heavy atom. The summed E-state index contributed by atoms with van der Waals surface area (Å²) in [5, 5.41) is 3.41. The maximum absolute atomic E-state index is 5.61. The average Bonchev–Trinajstić information content (AvgIpc) is 3.36. The summed E-state index contributed by atoms with van der Waals surface area (Å²) in [7, 11) is 0. The van der Waals surface area contributed by atoms with Crippen LogP contribution in [-0.4, -0.2) is 27.6 Å². The fourth-order valence-electron chi connectivity index (χ4n) is 2.05. The predicted octanol–water partition coefficient (Wildman–Crippen LogP) is 2.14. The lowest BCUT2D eigenvalue weighted by atomic mass is 10.1. The highest BCUT2D eigenvalue weighted by Gasteiger charge is 2.20. The number of nitrogens with one attached hydrogen (secondary N) is 1. The molecule has 0 aromatic carbocycles. The molecule has 0 radical (unpaired) electrons. The van der Waals surface area contributed by atoms with Gasteiger partial charge < -0.3 is 10.1 Å². The third kappa shape index (κ3) is 4.79. The first-order valence-electron chi connectivity index (χ1n) is 7.46. The van der Waals surface area contributed by atoms with Crippen molar-refractivity contribution in [3.63, 3.8) is 0 Å². The number of rotatable bonds is 8. The minimum absolute atomic E-state index is 0.597. The Morgan fingerprint density at radius 1 is 1.14 bits per heavy atom. The van der Waals surface area contributed by atoms with Crippen LogP contribution in [0, 0.1) is 0 Å². The summed E-state index contributed by atoms with van der Waals surface area (Å²) in [5.41, 5.74) is 2.24. The molecule has 1 aliphatic rings. The van der Waals surface area contributed by atoms with E-state index in [0.717, 1.165) is 25.1 Å². The second kappa shape index (κ2) is 7.13. The van der Waals surface area contributed by atoms with Crippen molar-refractivity contribution >= 4 is 0 Å². The zero-order valence-corrected chi connectivity index (χ0v) is 12.0. The first-order valence-corrected chi connectivity index (χ1v) is 7.46. The van der Waals surface area contributed by atoms with E-state index >= 15 is 0 Å². The van der Waals surface area contributed by atoms with Crippen LogP contribution in [0.3, 0.4) is 0 Å². The van der Waals surface area contributed by atoms with Gasteiger partial charge in [-0.15, -0.1) is 0 Å². The first kappa shape index (κ1) is 13.9. The molecule has 0 bridgehead atoms. The van der Waals surface area contributed by atoms with Gasteiger partial charge in [0.05, 0.1) is 24.7 Å². The van der Waals surface area contributed by atoms with E-state index in [9.17, 15) is 0 Å². The van der Waals surface area contributed by atoms with E-state index in [0.29, 0.717) is 18.5 Å². The van der Waals surface area contributed by atoms with Gasteiger partial charge in [0.15, 0.2) is 0 Å². The van der Waals surface area contributed by atoms with Crippen LogP contribution >= 0.6 is 0 Å². The number of aryl methyl sites for hydroxylation is 1. The molecule has 2 aromatic heterocycles. The molecule has 0 spiro atoms. The van der Waals surface area contributed by atoms with Crippen LogP contribution in [-0.2, 0) is 13.0 Å². The van der Waals surface area contributed by atoms with Crippen molar-refractivity contribution in [3.05, 3.63) is 48.2 Å². The van der Waals surface area contributed by atoms with Crippen molar-refractivity contribution in [2.45, 2.75) is 38.3 Å². The normalized spacial score (nSPS) is 14.1. The van der Waals surface area contributed by atoms with Crippen LogP contribution in [0.25, 0.3) is 0 Å². The van der Waals surface area contributed by atoms with Crippen LogP contribution in [0.2, 0.25) is 0 Å². The highest BCUT2D eigenvalue weighted by molar-refractivity contribution is 5.10. The van der Waals surface area contributed by atoms with Gasteiger partial charge in [-0.1, -0.05) is 0 Å². The van der Waals surface area contributed by atoms with Gasteiger partial charge in [0, 0.05) is 25.0 Å². The molecule has 5 nitrogen and oxygen atoms in total. The molecular weight excluding hydrogens is 264 g/mol. The van der Waals surface area contributed by atoms with Gasteiger partial charge in [-0.2, -0.15) is 0 Å². The standard InChI is InChI=1S/C16H20N4O/c1(2-13-5-7-17-8-6-13)9-21-16-12-19-15(11-20-16)10-18-14-3-4-14/h5-8,11-12,14,18H,1-4,9-10H2. The van der Waals surface area contributed by atoms with E-state index in [4.69, 9.17) is 4.74 Å². The van der Waals surface area contributed by atoms with Crippen LogP contribution in [0.5, 0.6) is 5.88 Å². The second-order valence-electron chi connectivity index (χ2n) is 5.31. The molecule has 21 heavy (non-hydrogen) atoms. The van der Waals surface area contributed by atoms with Gasteiger partial charge in [0.1, 0.15) is 0 Å². The van der Waals surface area contributed by atoms with E-state index in [-0.39, 0.29) is 0 Å². The maximum atomic E-state index is 5.61. The molecule has 1 fully saturated rings. The minimum Gasteiger partial charge on any atom is -0.477 e. The van der Waals surface area contributed by atoms with Crippen molar-refractivity contribution in [3.8, 4) is 5.88 Å². The lowest BCUT2D eigenvalue weighted by molar-refractivity contribution is 0.297. The topological polar surface area (TPSA) is 59.9 Å². The number of nitrogens with zero attached hydrogens (tertiary/aromatic N) is 3. The molecule has 0 unspecified atom stereocenters. The molecule has 110 valence electrons. The second-order valence-corrected chi connectivity index (χ2v) is 5.31. The van der Waals surface area contributed by atoms with Crippen LogP contribution < -0.4 is 10.1 Å². The summed E-state index contributed by atoms with van der Waals surface area (Å²) in [4.78, 5) is 12.6. The fourth-order valence-corrected chi connectivity index (χ4v) is 2.05. The van der Waals surface area contributed by atoms with Gasteiger partial charge in [-0.05, 0) is 43.4 Å². The van der Waals surface area contributed by atoms with E-state index in [1.807, 2.05) is 24.5 Å². The highest BCUT2D eigenvalue weighted by Crippen LogP contribution is 2.19. The van der Waals surface area contributed by atoms with Crippen molar-refractivity contribution in [1.82, 2.24) is 20.3 Å². The molecular formula is C16H20N4O. The number of pyridine rings is 1. The van der Waals surface area contributed by atoms with Gasteiger partial charge in [0.2, 0.25) is 5.88 Å². The summed E-state index contributed by atoms with van der Waals surface area (Å²) in [6.07, 6.45) is 11.6. The Hall–Kier alpha value is -2.01. The first-order chi connectivity index (χ1) is 10.4. The van der Waals surface area contributed by atoms with E-state index < -0.39 is 0 Å². The summed E-state index contributed by atoms with van der Waals surface area (Å²) < 4.78 is 5.61. The Kier molecular flexibility index (Phi) is 4.74. The predicted molar refractivity (Wildman–Crippen MR) is 79.9 cm³/mol. The molecule has 1 saturated carbocycles. The molecule has 3 rings (SSSR count). The Labute approximate surface area is 124 Å². The SMILES string of the molecule is c1cc(CCCOc2cnc(CNC3CC3)cn2)ccn1. The molecule has 0 aliphatic heterocycles. The maximum Gasteiger partial charge on any atom is 0.232 e. The molecule has 1 N–H and O–H groups in total. The number of hydrogen-bond donors (Lipinski definition) is 1. The Bertz CT molecular complexity index is 540. The van der Waals surface area contributed by atoms with E-state index in [2.05, 4.69) is 20.3 Å². The van der Waals surface area contributed by atoms with E-state index in [1.165, 1.54) is 18.4 Å². The van der Waals surface area contributed by atoms with Gasteiger partial charge >= 0.3 is 0 Å². The molecule has 0 saturated heterocycles. The van der Waals surface area contributed by atoms with Crippen molar-refractivity contribution in [2.24, 2.45) is 0 Å². The third-order valence-electron chi connectivity index (χ3n) is 3.44. The minimum atomic E-state index is 0.597.